The third-order valence-electron chi connectivity index (χ3n) is 6.87. The molecule has 0 aromatic heterocycles. The minimum absolute atomic E-state index is 0.103. The first-order valence-corrected chi connectivity index (χ1v) is 14.4. The van der Waals surface area contributed by atoms with Crippen LogP contribution in [0.4, 0.5) is 0 Å². The molecule has 15 heteroatoms. The normalized spacial score (nSPS) is 31.3. The fourth-order valence-electron chi connectivity index (χ4n) is 5.22. The Morgan fingerprint density at radius 2 is 1.27 bits per heavy atom. The van der Waals surface area contributed by atoms with Crippen molar-refractivity contribution in [1.82, 2.24) is 5.32 Å². The molecule has 2 fully saturated rings. The van der Waals surface area contributed by atoms with Gasteiger partial charge < -0.3 is 47.9 Å². The zero-order chi connectivity index (χ0) is 33.3. The van der Waals surface area contributed by atoms with Gasteiger partial charge in [0.2, 0.25) is 5.91 Å². The summed E-state index contributed by atoms with van der Waals surface area (Å²) in [5.41, 5.74) is 0.877. The summed E-state index contributed by atoms with van der Waals surface area (Å²) in [5.74, 6) is -3.39. The van der Waals surface area contributed by atoms with E-state index in [1.165, 1.54) is 27.9 Å². The average molecular weight is 640 g/mol. The number of amides is 1. The maximum Gasteiger partial charge on any atom is 0.303 e. The Bertz CT molecular complexity index is 1180. The number of benzene rings is 1. The van der Waals surface area contributed by atoms with E-state index < -0.39 is 91.1 Å². The molecule has 0 spiro atoms. The number of carbonyl (C=O) groups excluding carboxylic acids is 5. The number of ether oxygens (including phenoxy) is 9. The fraction of sp³-hybridized carbons (Fsp3) is 0.633. The smallest absolute Gasteiger partial charge is 0.303 e. The fourth-order valence-corrected chi connectivity index (χ4v) is 5.22. The van der Waals surface area contributed by atoms with Gasteiger partial charge in [-0.2, -0.15) is 0 Å². The molecule has 2 aliphatic heterocycles. The lowest BCUT2D eigenvalue weighted by Gasteiger charge is -2.48. The van der Waals surface area contributed by atoms with Crippen molar-refractivity contribution in [2.45, 2.75) is 109 Å². The second kappa shape index (κ2) is 16.6. The minimum Gasteiger partial charge on any atom is -0.457 e. The largest absolute Gasteiger partial charge is 0.457 e. The molecular formula is C30H41NO14. The van der Waals surface area contributed by atoms with Gasteiger partial charge in [-0.3, -0.25) is 24.0 Å². The molecule has 2 saturated heterocycles. The monoisotopic (exact) mass is 639 g/mol. The molecule has 0 aliphatic carbocycles. The van der Waals surface area contributed by atoms with E-state index in [-0.39, 0.29) is 13.2 Å². The Labute approximate surface area is 261 Å². The molecule has 0 radical (unpaired) electrons. The van der Waals surface area contributed by atoms with Crippen molar-refractivity contribution < 1.29 is 66.6 Å². The maximum atomic E-state index is 12.4. The second-order valence-electron chi connectivity index (χ2n) is 10.6. The van der Waals surface area contributed by atoms with Gasteiger partial charge in [-0.15, -0.1) is 0 Å². The van der Waals surface area contributed by atoms with Crippen molar-refractivity contribution in [3.63, 3.8) is 0 Å². The van der Waals surface area contributed by atoms with Crippen molar-refractivity contribution in [2.24, 2.45) is 0 Å². The van der Waals surface area contributed by atoms with E-state index >= 15 is 0 Å². The highest BCUT2D eigenvalue weighted by Crippen LogP contribution is 2.34. The Morgan fingerprint density at radius 1 is 0.711 bits per heavy atom. The highest BCUT2D eigenvalue weighted by molar-refractivity contribution is 5.73. The number of hydrogen-bond acceptors (Lipinski definition) is 14. The van der Waals surface area contributed by atoms with Crippen LogP contribution in [0.15, 0.2) is 30.3 Å². The average Bonchev–Trinajstić information content (AvgIpc) is 2.94. The highest BCUT2D eigenvalue weighted by atomic mass is 16.8. The summed E-state index contributed by atoms with van der Waals surface area (Å²) >= 11 is 0. The zero-order valence-corrected chi connectivity index (χ0v) is 26.3. The van der Waals surface area contributed by atoms with Crippen molar-refractivity contribution in [2.75, 3.05) is 13.7 Å². The van der Waals surface area contributed by atoms with Crippen molar-refractivity contribution in [3.8, 4) is 0 Å². The van der Waals surface area contributed by atoms with Gasteiger partial charge in [0, 0.05) is 41.7 Å². The predicted molar refractivity (Wildman–Crippen MR) is 151 cm³/mol. The van der Waals surface area contributed by atoms with E-state index in [1.807, 2.05) is 30.3 Å². The molecule has 3 rings (SSSR count). The first-order chi connectivity index (χ1) is 21.3. The Hall–Kier alpha value is -3.63. The molecule has 2 aliphatic rings. The van der Waals surface area contributed by atoms with Gasteiger partial charge in [0.25, 0.3) is 0 Å². The van der Waals surface area contributed by atoms with Gasteiger partial charge in [-0.05, 0) is 12.5 Å². The summed E-state index contributed by atoms with van der Waals surface area (Å²) < 4.78 is 52.1. The molecule has 0 bridgehead atoms. The summed E-state index contributed by atoms with van der Waals surface area (Å²) in [6.07, 6.45) is -10.9. The lowest BCUT2D eigenvalue weighted by atomic mass is 9.95. The van der Waals surface area contributed by atoms with Gasteiger partial charge in [0.1, 0.15) is 18.2 Å². The van der Waals surface area contributed by atoms with E-state index in [9.17, 15) is 24.0 Å². The summed E-state index contributed by atoms with van der Waals surface area (Å²) in [6, 6.07) is 8.27. The standard InChI is InChI=1S/C30H41NO14/c1-15-24(40-17(3)33)27(42-19(5)35)28(43-20(6)36)30(39-15)45-25-22(14-38-13-21-11-9-8-10-12-21)44-29(37-7)23(31-16(2)32)26(25)41-18(4)34/h8-12,15,22-30H,13-14H2,1-7H3,(H,31,32)/t15-,22+,23+,24-,25+,26+,27+,28+,29-,30+/m0/s1. The van der Waals surface area contributed by atoms with E-state index in [4.69, 9.17) is 42.6 Å². The molecule has 250 valence electrons. The van der Waals surface area contributed by atoms with Gasteiger partial charge in [-0.25, -0.2) is 0 Å². The molecule has 2 heterocycles. The topological polar surface area (TPSA) is 180 Å². The van der Waals surface area contributed by atoms with Crippen LogP contribution in [-0.4, -0.2) is 105 Å². The van der Waals surface area contributed by atoms with Gasteiger partial charge in [-0.1, -0.05) is 30.3 Å². The van der Waals surface area contributed by atoms with Crippen molar-refractivity contribution >= 4 is 29.8 Å². The maximum absolute atomic E-state index is 12.4. The van der Waals surface area contributed by atoms with E-state index in [0.717, 1.165) is 19.4 Å². The molecule has 1 aromatic rings. The Balaban J connectivity index is 2.02. The van der Waals surface area contributed by atoms with Crippen LogP contribution in [0.1, 0.15) is 47.1 Å². The number of nitrogens with one attached hydrogen (secondary N) is 1. The molecule has 1 amide bonds. The summed E-state index contributed by atoms with van der Waals surface area (Å²) in [7, 11) is 1.36. The molecule has 10 atom stereocenters. The third kappa shape index (κ3) is 10.2. The van der Waals surface area contributed by atoms with Gasteiger partial charge in [0.15, 0.2) is 37.0 Å². The molecule has 0 unspecified atom stereocenters. The van der Waals surface area contributed by atoms with E-state index in [2.05, 4.69) is 5.32 Å². The number of carbonyl (C=O) groups is 5. The van der Waals surface area contributed by atoms with Crippen LogP contribution in [0.2, 0.25) is 0 Å². The van der Waals surface area contributed by atoms with Crippen LogP contribution in [-0.2, 0) is 73.2 Å². The number of hydrogen-bond donors (Lipinski definition) is 1. The Morgan fingerprint density at radius 3 is 1.82 bits per heavy atom. The minimum atomic E-state index is -1.47. The number of methoxy groups -OCH3 is 1. The van der Waals surface area contributed by atoms with Gasteiger partial charge in [0.05, 0.1) is 19.3 Å². The third-order valence-corrected chi connectivity index (χ3v) is 6.87. The number of rotatable bonds is 12. The van der Waals surface area contributed by atoms with Crippen LogP contribution in [0.3, 0.4) is 0 Å². The van der Waals surface area contributed by atoms with Crippen LogP contribution in [0.5, 0.6) is 0 Å². The molecule has 15 nitrogen and oxygen atoms in total. The van der Waals surface area contributed by atoms with Crippen LogP contribution in [0, 0.1) is 0 Å². The van der Waals surface area contributed by atoms with Crippen molar-refractivity contribution in [1.29, 1.82) is 0 Å². The lowest BCUT2D eigenvalue weighted by Crippen LogP contribution is -2.68. The molecule has 1 N–H and O–H groups in total. The summed E-state index contributed by atoms with van der Waals surface area (Å²) in [4.78, 5) is 60.8. The molecule has 1 aromatic carbocycles. The van der Waals surface area contributed by atoms with Crippen LogP contribution in [0.25, 0.3) is 0 Å². The van der Waals surface area contributed by atoms with E-state index in [1.54, 1.807) is 6.92 Å². The van der Waals surface area contributed by atoms with Gasteiger partial charge >= 0.3 is 23.9 Å². The predicted octanol–water partition coefficient (Wildman–Crippen LogP) is 0.936. The Kier molecular flexibility index (Phi) is 13.2. The highest BCUT2D eigenvalue weighted by Gasteiger charge is 2.55. The molecule has 45 heavy (non-hydrogen) atoms. The zero-order valence-electron chi connectivity index (χ0n) is 26.3. The van der Waals surface area contributed by atoms with E-state index in [0.29, 0.717) is 0 Å². The van der Waals surface area contributed by atoms with Crippen molar-refractivity contribution in [3.05, 3.63) is 35.9 Å². The molecule has 0 saturated carbocycles. The first kappa shape index (κ1) is 35.8. The van der Waals surface area contributed by atoms with Crippen LogP contribution < -0.4 is 5.32 Å². The molecular weight excluding hydrogens is 598 g/mol. The summed E-state index contributed by atoms with van der Waals surface area (Å²) in [6.45, 7) is 7.53. The second-order valence-corrected chi connectivity index (χ2v) is 10.6. The number of esters is 4. The lowest BCUT2D eigenvalue weighted by molar-refractivity contribution is -0.346. The SMILES string of the molecule is CO[C@H]1O[C@H](COCc2ccccc2)[C@@H](O[C@H]2O[C@@H](C)[C@H](OC(C)=O)[C@@H](OC(C)=O)[C@H]2OC(C)=O)[C@H](OC(C)=O)[C@H]1NC(C)=O. The quantitative estimate of drug-likeness (QED) is 0.252. The van der Waals surface area contributed by atoms with Crippen LogP contribution >= 0.6 is 0 Å². The first-order valence-electron chi connectivity index (χ1n) is 14.4. The summed E-state index contributed by atoms with van der Waals surface area (Å²) in [5, 5.41) is 2.68.